The summed E-state index contributed by atoms with van der Waals surface area (Å²) in [7, 11) is 0. The first-order chi connectivity index (χ1) is 14.9. The van der Waals surface area contributed by atoms with E-state index in [-0.39, 0.29) is 22.7 Å². The molecule has 1 heterocycles. The maximum Gasteiger partial charge on any atom is 0.254 e. The van der Waals surface area contributed by atoms with Crippen LogP contribution in [0, 0.1) is 5.82 Å². The number of hydrogen-bond acceptors (Lipinski definition) is 3. The highest BCUT2D eigenvalue weighted by molar-refractivity contribution is 6.42. The fourth-order valence-electron chi connectivity index (χ4n) is 3.40. The lowest BCUT2D eigenvalue weighted by atomic mass is 10.1. The number of carbonyl (C=O) groups excluding carboxylic acids is 3. The molecule has 0 aromatic heterocycles. The van der Waals surface area contributed by atoms with Crippen molar-refractivity contribution in [2.75, 3.05) is 19.6 Å². The molecule has 0 unspecified atom stereocenters. The highest BCUT2D eigenvalue weighted by Crippen LogP contribution is 2.25. The summed E-state index contributed by atoms with van der Waals surface area (Å²) >= 11 is 11.9. The van der Waals surface area contributed by atoms with E-state index in [0.29, 0.717) is 48.6 Å². The van der Waals surface area contributed by atoms with Crippen molar-refractivity contribution in [2.45, 2.75) is 25.3 Å². The predicted octanol–water partition coefficient (Wildman–Crippen LogP) is 3.67. The van der Waals surface area contributed by atoms with Gasteiger partial charge in [-0.1, -0.05) is 23.2 Å². The van der Waals surface area contributed by atoms with Gasteiger partial charge >= 0.3 is 0 Å². The summed E-state index contributed by atoms with van der Waals surface area (Å²) in [6.07, 6.45) is 1.84. The van der Waals surface area contributed by atoms with Gasteiger partial charge in [0, 0.05) is 30.8 Å². The van der Waals surface area contributed by atoms with E-state index in [2.05, 4.69) is 10.6 Å². The number of rotatable bonds is 7. The lowest BCUT2D eigenvalue weighted by molar-refractivity contribution is -0.124. The number of hydrogen-bond donors (Lipinski definition) is 2. The molecule has 0 radical (unpaired) electrons. The molecular weight excluding hydrogens is 444 g/mol. The van der Waals surface area contributed by atoms with Crippen LogP contribution in [0.25, 0.3) is 0 Å². The molecule has 1 atom stereocenters. The zero-order chi connectivity index (χ0) is 22.4. The molecule has 1 aliphatic heterocycles. The molecule has 3 rings (SSSR count). The maximum absolute atomic E-state index is 12.9. The maximum atomic E-state index is 12.9. The van der Waals surface area contributed by atoms with Gasteiger partial charge in [-0.2, -0.15) is 0 Å². The Hall–Kier alpha value is -2.64. The summed E-state index contributed by atoms with van der Waals surface area (Å²) in [4.78, 5) is 38.9. The highest BCUT2D eigenvalue weighted by atomic mass is 35.5. The number of nitrogens with zero attached hydrogens (tertiary/aromatic N) is 1. The highest BCUT2D eigenvalue weighted by Gasteiger charge is 2.34. The molecule has 9 heteroatoms. The molecule has 0 spiro atoms. The molecule has 1 aliphatic rings. The average molecular weight is 466 g/mol. The van der Waals surface area contributed by atoms with Crippen molar-refractivity contribution in [3.05, 3.63) is 69.5 Å². The van der Waals surface area contributed by atoms with E-state index in [4.69, 9.17) is 23.2 Å². The second kappa shape index (κ2) is 10.6. The van der Waals surface area contributed by atoms with Crippen LogP contribution in [0.15, 0.2) is 42.5 Å². The molecule has 1 saturated heterocycles. The molecule has 6 nitrogen and oxygen atoms in total. The summed E-state index contributed by atoms with van der Waals surface area (Å²) in [5.41, 5.74) is 0.755. The quantitative estimate of drug-likeness (QED) is 0.612. The van der Waals surface area contributed by atoms with Gasteiger partial charge in [0.05, 0.1) is 10.0 Å². The third-order valence-electron chi connectivity index (χ3n) is 5.03. The number of carbonyl (C=O) groups is 3. The summed E-state index contributed by atoms with van der Waals surface area (Å²) in [5, 5.41) is 6.19. The fraction of sp³-hybridized carbons (Fsp3) is 0.318. The van der Waals surface area contributed by atoms with E-state index in [1.165, 1.54) is 30.3 Å². The van der Waals surface area contributed by atoms with Gasteiger partial charge in [-0.05, 0) is 61.7 Å². The molecular formula is C22H22Cl2FN3O3. The first-order valence-electron chi connectivity index (χ1n) is 9.94. The van der Waals surface area contributed by atoms with Crippen LogP contribution < -0.4 is 10.6 Å². The Bertz CT molecular complexity index is 969. The monoisotopic (exact) mass is 465 g/mol. The first-order valence-corrected chi connectivity index (χ1v) is 10.7. The Kier molecular flexibility index (Phi) is 7.87. The van der Waals surface area contributed by atoms with Crippen LogP contribution in [-0.4, -0.2) is 48.3 Å². The van der Waals surface area contributed by atoms with Crippen LogP contribution in [-0.2, 0) is 4.79 Å². The predicted molar refractivity (Wildman–Crippen MR) is 117 cm³/mol. The van der Waals surface area contributed by atoms with E-state index < -0.39 is 11.9 Å². The standard InChI is InChI=1S/C22H22Cl2FN3O3/c23-17-9-6-15(13-18(17)24)22(31)28-12-1-3-19(28)21(30)27-11-2-10-26-20(29)14-4-7-16(25)8-5-14/h4-9,13,19H,1-3,10-12H2,(H,26,29)(H,27,30)/t19-/m0/s1. The van der Waals surface area contributed by atoms with Gasteiger partial charge in [-0.3, -0.25) is 14.4 Å². The van der Waals surface area contributed by atoms with E-state index >= 15 is 0 Å². The molecule has 31 heavy (non-hydrogen) atoms. The van der Waals surface area contributed by atoms with Crippen molar-refractivity contribution in [3.8, 4) is 0 Å². The van der Waals surface area contributed by atoms with E-state index in [0.717, 1.165) is 6.42 Å². The van der Waals surface area contributed by atoms with Crippen LogP contribution in [0.3, 0.4) is 0 Å². The third-order valence-corrected chi connectivity index (χ3v) is 5.77. The van der Waals surface area contributed by atoms with Gasteiger partial charge in [0.15, 0.2) is 0 Å². The molecule has 3 amide bonds. The second-order valence-electron chi connectivity index (χ2n) is 7.19. The smallest absolute Gasteiger partial charge is 0.254 e. The third kappa shape index (κ3) is 5.95. The average Bonchev–Trinajstić information content (AvgIpc) is 3.25. The Balaban J connectivity index is 1.45. The lowest BCUT2D eigenvalue weighted by Crippen LogP contribution is -2.46. The van der Waals surface area contributed by atoms with Gasteiger partial charge in [0.2, 0.25) is 5.91 Å². The van der Waals surface area contributed by atoms with E-state index in [1.807, 2.05) is 0 Å². The molecule has 2 N–H and O–H groups in total. The van der Waals surface area contributed by atoms with Crippen molar-refractivity contribution in [1.82, 2.24) is 15.5 Å². The summed E-state index contributed by atoms with van der Waals surface area (Å²) in [6, 6.07) is 9.37. The van der Waals surface area contributed by atoms with Crippen molar-refractivity contribution >= 4 is 40.9 Å². The number of likely N-dealkylation sites (tertiary alicyclic amines) is 1. The van der Waals surface area contributed by atoms with Gasteiger partial charge in [-0.25, -0.2) is 4.39 Å². The van der Waals surface area contributed by atoms with Crippen molar-refractivity contribution in [3.63, 3.8) is 0 Å². The zero-order valence-corrected chi connectivity index (χ0v) is 18.2. The minimum absolute atomic E-state index is 0.226. The number of amides is 3. The minimum atomic E-state index is -0.546. The van der Waals surface area contributed by atoms with Crippen molar-refractivity contribution in [2.24, 2.45) is 0 Å². The largest absolute Gasteiger partial charge is 0.354 e. The number of nitrogens with one attached hydrogen (secondary N) is 2. The van der Waals surface area contributed by atoms with Gasteiger partial charge in [0.1, 0.15) is 11.9 Å². The lowest BCUT2D eigenvalue weighted by Gasteiger charge is -2.24. The molecule has 0 aliphatic carbocycles. The summed E-state index contributed by atoms with van der Waals surface area (Å²) in [6.45, 7) is 1.20. The molecule has 164 valence electrons. The Morgan fingerprint density at radius 2 is 1.65 bits per heavy atom. The number of halogens is 3. The molecule has 2 aromatic rings. The Labute approximate surface area is 189 Å². The molecule has 2 aromatic carbocycles. The molecule has 0 saturated carbocycles. The molecule has 1 fully saturated rings. The summed E-state index contributed by atoms with van der Waals surface area (Å²) < 4.78 is 12.9. The Morgan fingerprint density at radius 3 is 2.35 bits per heavy atom. The normalized spacial score (nSPS) is 15.6. The molecule has 0 bridgehead atoms. The second-order valence-corrected chi connectivity index (χ2v) is 8.01. The van der Waals surface area contributed by atoms with Crippen molar-refractivity contribution < 1.29 is 18.8 Å². The minimum Gasteiger partial charge on any atom is -0.354 e. The summed E-state index contributed by atoms with van der Waals surface area (Å²) in [5.74, 6) is -1.20. The van der Waals surface area contributed by atoms with Crippen LogP contribution in [0.1, 0.15) is 40.0 Å². The number of benzene rings is 2. The van der Waals surface area contributed by atoms with Gasteiger partial charge < -0.3 is 15.5 Å². The van der Waals surface area contributed by atoms with E-state index in [1.54, 1.807) is 17.0 Å². The van der Waals surface area contributed by atoms with Crippen LogP contribution >= 0.6 is 23.2 Å². The van der Waals surface area contributed by atoms with Crippen LogP contribution in [0.5, 0.6) is 0 Å². The fourth-order valence-corrected chi connectivity index (χ4v) is 3.70. The van der Waals surface area contributed by atoms with Crippen molar-refractivity contribution in [1.29, 1.82) is 0 Å². The SMILES string of the molecule is O=C(NCCCNC(=O)[C@@H]1CCCN1C(=O)c1ccc(Cl)c(Cl)c1)c1ccc(F)cc1. The van der Waals surface area contributed by atoms with Crippen LogP contribution in [0.4, 0.5) is 4.39 Å². The van der Waals surface area contributed by atoms with Gasteiger partial charge in [0.25, 0.3) is 11.8 Å². The first kappa shape index (κ1) is 23.0. The van der Waals surface area contributed by atoms with Gasteiger partial charge in [-0.15, -0.1) is 0 Å². The Morgan fingerprint density at radius 1 is 0.968 bits per heavy atom. The van der Waals surface area contributed by atoms with Crippen LogP contribution in [0.2, 0.25) is 10.0 Å². The topological polar surface area (TPSA) is 78.5 Å². The zero-order valence-electron chi connectivity index (χ0n) is 16.7. The van der Waals surface area contributed by atoms with E-state index in [9.17, 15) is 18.8 Å².